The van der Waals surface area contributed by atoms with E-state index in [1.54, 1.807) is 24.3 Å². The van der Waals surface area contributed by atoms with Gasteiger partial charge in [0, 0.05) is 5.69 Å². The zero-order valence-electron chi connectivity index (χ0n) is 12.4. The smallest absolute Gasteiger partial charge is 0.313 e. The van der Waals surface area contributed by atoms with Crippen molar-refractivity contribution in [3.63, 3.8) is 0 Å². The number of aryl methyl sites for hydroxylation is 1. The van der Waals surface area contributed by atoms with E-state index in [9.17, 15) is 9.18 Å². The van der Waals surface area contributed by atoms with Gasteiger partial charge in [-0.3, -0.25) is 4.79 Å². The SMILES string of the molecule is CCc1ccc(NC(=O)c2nnc(-c3ccccc3F)o2)cc1. The number of carbonyl (C=O) groups is 1. The summed E-state index contributed by atoms with van der Waals surface area (Å²) in [6.45, 7) is 2.05. The summed E-state index contributed by atoms with van der Waals surface area (Å²) in [7, 11) is 0. The quantitative estimate of drug-likeness (QED) is 0.798. The third-order valence-corrected chi connectivity index (χ3v) is 3.34. The fraction of sp³-hybridized carbons (Fsp3) is 0.118. The lowest BCUT2D eigenvalue weighted by Gasteiger charge is -2.03. The van der Waals surface area contributed by atoms with Crippen LogP contribution in [0.2, 0.25) is 0 Å². The molecule has 0 saturated heterocycles. The van der Waals surface area contributed by atoms with E-state index >= 15 is 0 Å². The zero-order valence-corrected chi connectivity index (χ0v) is 12.4. The third kappa shape index (κ3) is 3.26. The van der Waals surface area contributed by atoms with Crippen molar-refractivity contribution in [2.45, 2.75) is 13.3 Å². The summed E-state index contributed by atoms with van der Waals surface area (Å²) in [5.41, 5.74) is 1.95. The van der Waals surface area contributed by atoms with Gasteiger partial charge in [0.25, 0.3) is 5.89 Å². The Balaban J connectivity index is 1.77. The second-order valence-corrected chi connectivity index (χ2v) is 4.90. The lowest BCUT2D eigenvalue weighted by molar-refractivity contribution is 0.0991. The first-order valence-corrected chi connectivity index (χ1v) is 7.16. The molecule has 116 valence electrons. The number of nitrogens with one attached hydrogen (secondary N) is 1. The molecule has 5 nitrogen and oxygen atoms in total. The van der Waals surface area contributed by atoms with Crippen LogP contribution < -0.4 is 5.32 Å². The monoisotopic (exact) mass is 311 g/mol. The first kappa shape index (κ1) is 14.9. The molecule has 0 bridgehead atoms. The van der Waals surface area contributed by atoms with Gasteiger partial charge in [0.05, 0.1) is 5.56 Å². The minimum atomic E-state index is -0.538. The van der Waals surface area contributed by atoms with Crippen LogP contribution in [0.15, 0.2) is 52.9 Å². The van der Waals surface area contributed by atoms with E-state index in [4.69, 9.17) is 4.42 Å². The Bertz CT molecular complexity index is 828. The number of carbonyl (C=O) groups excluding carboxylic acids is 1. The van der Waals surface area contributed by atoms with Gasteiger partial charge in [0.1, 0.15) is 5.82 Å². The number of hydrogen-bond donors (Lipinski definition) is 1. The number of nitrogens with zero attached hydrogens (tertiary/aromatic N) is 2. The van der Waals surface area contributed by atoms with Crippen LogP contribution >= 0.6 is 0 Å². The fourth-order valence-electron chi connectivity index (χ4n) is 2.07. The maximum Gasteiger partial charge on any atom is 0.313 e. The van der Waals surface area contributed by atoms with Crippen LogP contribution in [-0.4, -0.2) is 16.1 Å². The van der Waals surface area contributed by atoms with Crippen LogP contribution in [0, 0.1) is 5.82 Å². The van der Waals surface area contributed by atoms with Gasteiger partial charge >= 0.3 is 11.8 Å². The van der Waals surface area contributed by atoms with E-state index in [0.717, 1.165) is 6.42 Å². The zero-order chi connectivity index (χ0) is 16.2. The fourth-order valence-corrected chi connectivity index (χ4v) is 2.07. The van der Waals surface area contributed by atoms with Crippen molar-refractivity contribution in [3.8, 4) is 11.5 Å². The summed E-state index contributed by atoms with van der Waals surface area (Å²) in [5.74, 6) is -1.28. The van der Waals surface area contributed by atoms with Crippen molar-refractivity contribution in [2.24, 2.45) is 0 Å². The number of hydrogen-bond acceptors (Lipinski definition) is 4. The summed E-state index contributed by atoms with van der Waals surface area (Å²) in [6.07, 6.45) is 0.921. The summed E-state index contributed by atoms with van der Waals surface area (Å²) >= 11 is 0. The molecule has 3 aromatic rings. The number of anilines is 1. The Morgan fingerprint density at radius 1 is 1.13 bits per heavy atom. The number of amides is 1. The normalized spacial score (nSPS) is 10.5. The van der Waals surface area contributed by atoms with Gasteiger partial charge in [-0.2, -0.15) is 0 Å². The van der Waals surface area contributed by atoms with E-state index in [0.29, 0.717) is 5.69 Å². The molecule has 0 fully saturated rings. The predicted molar refractivity (Wildman–Crippen MR) is 83.5 cm³/mol. The van der Waals surface area contributed by atoms with Gasteiger partial charge < -0.3 is 9.73 Å². The minimum Gasteiger partial charge on any atom is -0.412 e. The highest BCUT2D eigenvalue weighted by molar-refractivity contribution is 6.00. The summed E-state index contributed by atoms with van der Waals surface area (Å²) in [6, 6.07) is 13.4. The molecule has 0 saturated carbocycles. The number of rotatable bonds is 4. The topological polar surface area (TPSA) is 68.0 Å². The summed E-state index contributed by atoms with van der Waals surface area (Å²) in [4.78, 5) is 12.1. The molecule has 0 spiro atoms. The molecule has 3 rings (SSSR count). The average molecular weight is 311 g/mol. The molecule has 1 amide bonds. The van der Waals surface area contributed by atoms with E-state index in [-0.39, 0.29) is 17.3 Å². The number of aromatic nitrogens is 2. The van der Waals surface area contributed by atoms with Crippen molar-refractivity contribution < 1.29 is 13.6 Å². The lowest BCUT2D eigenvalue weighted by Crippen LogP contribution is -2.12. The van der Waals surface area contributed by atoms with Crippen molar-refractivity contribution >= 4 is 11.6 Å². The molecule has 23 heavy (non-hydrogen) atoms. The van der Waals surface area contributed by atoms with Crippen LogP contribution in [0.4, 0.5) is 10.1 Å². The molecule has 0 radical (unpaired) electrons. The molecule has 0 aliphatic heterocycles. The maximum absolute atomic E-state index is 13.7. The van der Waals surface area contributed by atoms with Gasteiger partial charge in [-0.05, 0) is 36.2 Å². The predicted octanol–water partition coefficient (Wildman–Crippen LogP) is 3.69. The molecule has 0 aliphatic rings. The second-order valence-electron chi connectivity index (χ2n) is 4.90. The Kier molecular flexibility index (Phi) is 4.14. The van der Waals surface area contributed by atoms with Crippen molar-refractivity contribution in [1.82, 2.24) is 10.2 Å². The highest BCUT2D eigenvalue weighted by atomic mass is 19.1. The molecule has 0 unspecified atom stereocenters. The van der Waals surface area contributed by atoms with E-state index in [1.807, 2.05) is 12.1 Å². The first-order chi connectivity index (χ1) is 11.2. The Morgan fingerprint density at radius 2 is 1.87 bits per heavy atom. The van der Waals surface area contributed by atoms with Crippen LogP contribution in [-0.2, 0) is 6.42 Å². The third-order valence-electron chi connectivity index (χ3n) is 3.34. The highest BCUT2D eigenvalue weighted by Crippen LogP contribution is 2.21. The van der Waals surface area contributed by atoms with Crippen molar-refractivity contribution in [1.29, 1.82) is 0 Å². The Labute approximate surface area is 132 Å². The molecule has 1 N–H and O–H groups in total. The van der Waals surface area contributed by atoms with E-state index in [1.165, 1.54) is 17.7 Å². The first-order valence-electron chi connectivity index (χ1n) is 7.16. The minimum absolute atomic E-state index is 0.0328. The van der Waals surface area contributed by atoms with Gasteiger partial charge in [-0.25, -0.2) is 4.39 Å². The van der Waals surface area contributed by atoms with Crippen molar-refractivity contribution in [2.75, 3.05) is 5.32 Å². The number of benzene rings is 2. The number of halogens is 1. The molecule has 2 aromatic carbocycles. The molecule has 1 heterocycles. The maximum atomic E-state index is 13.7. The van der Waals surface area contributed by atoms with Crippen LogP contribution in [0.3, 0.4) is 0 Å². The van der Waals surface area contributed by atoms with Crippen molar-refractivity contribution in [3.05, 3.63) is 65.8 Å². The second kappa shape index (κ2) is 6.39. The highest BCUT2D eigenvalue weighted by Gasteiger charge is 2.17. The van der Waals surface area contributed by atoms with Gasteiger partial charge in [-0.15, -0.1) is 10.2 Å². The molecular formula is C17H14FN3O2. The molecule has 6 heteroatoms. The molecule has 1 aromatic heterocycles. The van der Waals surface area contributed by atoms with Crippen LogP contribution in [0.5, 0.6) is 0 Å². The molecule has 0 atom stereocenters. The van der Waals surface area contributed by atoms with Gasteiger partial charge in [0.2, 0.25) is 0 Å². The van der Waals surface area contributed by atoms with E-state index in [2.05, 4.69) is 22.4 Å². The van der Waals surface area contributed by atoms with Crippen LogP contribution in [0.1, 0.15) is 23.2 Å². The largest absolute Gasteiger partial charge is 0.412 e. The molecular weight excluding hydrogens is 297 g/mol. The summed E-state index contributed by atoms with van der Waals surface area (Å²) < 4.78 is 18.9. The average Bonchev–Trinajstić information content (AvgIpc) is 3.06. The standard InChI is InChI=1S/C17H14FN3O2/c1-2-11-7-9-12(10-8-11)19-15(22)17-21-20-16(23-17)13-5-3-4-6-14(13)18/h3-10H,2H2,1H3,(H,19,22). The van der Waals surface area contributed by atoms with Gasteiger partial charge in [0.15, 0.2) is 0 Å². The Hall–Kier alpha value is -3.02. The Morgan fingerprint density at radius 3 is 2.57 bits per heavy atom. The lowest BCUT2D eigenvalue weighted by atomic mass is 10.1. The van der Waals surface area contributed by atoms with Crippen LogP contribution in [0.25, 0.3) is 11.5 Å². The molecule has 0 aliphatic carbocycles. The summed E-state index contributed by atoms with van der Waals surface area (Å²) in [5, 5.41) is 10.0. The van der Waals surface area contributed by atoms with Gasteiger partial charge in [-0.1, -0.05) is 31.2 Å². The van der Waals surface area contributed by atoms with E-state index < -0.39 is 11.7 Å².